The van der Waals surface area contributed by atoms with Crippen molar-refractivity contribution < 1.29 is 23.9 Å². The lowest BCUT2D eigenvalue weighted by Gasteiger charge is -2.31. The first-order chi connectivity index (χ1) is 21.7. The molecule has 3 aromatic rings. The molecule has 11 heteroatoms. The number of aromatic amines is 1. The van der Waals surface area contributed by atoms with Crippen LogP contribution in [0.2, 0.25) is 0 Å². The number of hydrogen-bond acceptors (Lipinski definition) is 7. The Hall–Kier alpha value is -3.99. The summed E-state index contributed by atoms with van der Waals surface area (Å²) < 4.78 is 10.9. The topological polar surface area (TPSA) is 117 Å². The maximum Gasteiger partial charge on any atom is 0.411 e. The molecular formula is C35H43N5O5S. The van der Waals surface area contributed by atoms with Gasteiger partial charge in [0.25, 0.3) is 0 Å². The summed E-state index contributed by atoms with van der Waals surface area (Å²) in [6.45, 7) is 12.7. The molecule has 0 bridgehead atoms. The van der Waals surface area contributed by atoms with Gasteiger partial charge in [-0.05, 0) is 89.6 Å². The number of ether oxygens (including phenoxy) is 2. The minimum absolute atomic E-state index is 0.0373. The van der Waals surface area contributed by atoms with Crippen LogP contribution in [-0.2, 0) is 19.0 Å². The highest BCUT2D eigenvalue weighted by molar-refractivity contribution is 8.08. The summed E-state index contributed by atoms with van der Waals surface area (Å²) >= 11 is 1.77. The summed E-state index contributed by atoms with van der Waals surface area (Å²) in [5, 5.41) is 3.03. The van der Waals surface area contributed by atoms with Crippen molar-refractivity contribution in [1.29, 1.82) is 0 Å². The Morgan fingerprint density at radius 1 is 0.891 bits per heavy atom. The standard InChI is InChI=1S/C35H43N5O5S/c1-33(2,3)44-31(42)39-19-16-25(21-39)28(41)37-26-14-12-23(13-15-26)22-8-10-24(11-9-22)27-20-36-29(38-27)35-17-7-18-40(30(35)46-35)32(43)45-34(4,5)6/h8-15,20,25,30H,7,16-19,21H2,1-6H3,(H,36,38)(H,37,41)/t25?,30?,35-/m1/s1. The minimum Gasteiger partial charge on any atom is -0.444 e. The van der Waals surface area contributed by atoms with Gasteiger partial charge in [0.2, 0.25) is 5.91 Å². The first kappa shape index (κ1) is 32.0. The average molecular weight is 646 g/mol. The predicted molar refractivity (Wildman–Crippen MR) is 179 cm³/mol. The second kappa shape index (κ2) is 12.0. The molecule has 2 unspecified atom stereocenters. The number of hydrogen-bond donors (Lipinski definition) is 2. The van der Waals surface area contributed by atoms with Crippen LogP contribution in [0.3, 0.4) is 0 Å². The fourth-order valence-corrected chi connectivity index (χ4v) is 7.56. The van der Waals surface area contributed by atoms with Crippen LogP contribution >= 0.6 is 11.8 Å². The van der Waals surface area contributed by atoms with E-state index < -0.39 is 11.2 Å². The van der Waals surface area contributed by atoms with Gasteiger partial charge in [0.15, 0.2) is 0 Å². The van der Waals surface area contributed by atoms with Gasteiger partial charge >= 0.3 is 12.2 Å². The number of aromatic nitrogens is 2. The molecule has 3 aliphatic heterocycles. The van der Waals surface area contributed by atoms with E-state index in [1.165, 1.54) is 0 Å². The average Bonchev–Trinajstić information content (AvgIpc) is 3.31. The fraction of sp³-hybridized carbons (Fsp3) is 0.486. The highest BCUT2D eigenvalue weighted by Crippen LogP contribution is 2.66. The number of nitrogens with one attached hydrogen (secondary N) is 2. The van der Waals surface area contributed by atoms with Gasteiger partial charge in [-0.1, -0.05) is 36.4 Å². The number of anilines is 1. The molecule has 2 aromatic carbocycles. The van der Waals surface area contributed by atoms with Gasteiger partial charge in [-0.25, -0.2) is 14.6 Å². The van der Waals surface area contributed by atoms with E-state index in [0.29, 0.717) is 26.1 Å². The van der Waals surface area contributed by atoms with Crippen molar-refractivity contribution in [3.8, 4) is 22.4 Å². The zero-order chi connectivity index (χ0) is 32.9. The maximum atomic E-state index is 12.9. The van der Waals surface area contributed by atoms with Crippen molar-refractivity contribution in [3.63, 3.8) is 0 Å². The van der Waals surface area contributed by atoms with Gasteiger partial charge in [-0.3, -0.25) is 9.69 Å². The summed E-state index contributed by atoms with van der Waals surface area (Å²) in [7, 11) is 0. The van der Waals surface area contributed by atoms with Gasteiger partial charge in [0.05, 0.1) is 17.8 Å². The van der Waals surface area contributed by atoms with E-state index in [1.54, 1.807) is 16.7 Å². The normalized spacial score (nSPS) is 22.7. The molecule has 0 aliphatic carbocycles. The third-order valence-corrected chi connectivity index (χ3v) is 10.1. The Balaban J connectivity index is 1.05. The molecule has 0 spiro atoms. The van der Waals surface area contributed by atoms with Gasteiger partial charge in [0.1, 0.15) is 27.1 Å². The monoisotopic (exact) mass is 645 g/mol. The van der Waals surface area contributed by atoms with Crippen LogP contribution in [0.5, 0.6) is 0 Å². The summed E-state index contributed by atoms with van der Waals surface area (Å²) in [4.78, 5) is 49.8. The molecule has 1 aromatic heterocycles. The molecule has 0 radical (unpaired) electrons. The minimum atomic E-state index is -0.565. The van der Waals surface area contributed by atoms with Crippen LogP contribution in [0, 0.1) is 5.92 Å². The molecule has 3 atom stereocenters. The van der Waals surface area contributed by atoms with Crippen molar-refractivity contribution in [2.24, 2.45) is 5.92 Å². The smallest absolute Gasteiger partial charge is 0.411 e. The number of carbonyl (C=O) groups excluding carboxylic acids is 3. The molecular weight excluding hydrogens is 602 g/mol. The Bertz CT molecular complexity index is 1610. The van der Waals surface area contributed by atoms with Gasteiger partial charge < -0.3 is 24.7 Å². The molecule has 3 fully saturated rings. The number of thioether (sulfide) groups is 1. The summed E-state index contributed by atoms with van der Waals surface area (Å²) in [6.07, 6.45) is 3.72. The SMILES string of the molecule is CC(C)(C)OC(=O)N1CCC(C(=O)Nc2ccc(-c3ccc(-c4cnc([C@]56CCCN(C(=O)OC(C)(C)C)C5S6)[nH]4)cc3)cc2)C1. The molecule has 46 heavy (non-hydrogen) atoms. The molecule has 10 nitrogen and oxygen atoms in total. The van der Waals surface area contributed by atoms with E-state index in [2.05, 4.69) is 34.6 Å². The summed E-state index contributed by atoms with van der Waals surface area (Å²) in [5.41, 5.74) is 3.69. The van der Waals surface area contributed by atoms with Gasteiger partial charge in [-0.2, -0.15) is 0 Å². The number of fused-ring (bicyclic) bond motifs is 1. The van der Waals surface area contributed by atoms with Crippen molar-refractivity contribution in [1.82, 2.24) is 19.8 Å². The lowest BCUT2D eigenvalue weighted by atomic mass is 9.97. The molecule has 2 N–H and O–H groups in total. The molecule has 3 aliphatic rings. The van der Waals surface area contributed by atoms with E-state index in [0.717, 1.165) is 46.7 Å². The quantitative estimate of drug-likeness (QED) is 0.281. The predicted octanol–water partition coefficient (Wildman–Crippen LogP) is 7.24. The second-order valence-corrected chi connectivity index (χ2v) is 15.7. The number of piperidine rings is 1. The zero-order valence-corrected chi connectivity index (χ0v) is 28.2. The van der Waals surface area contributed by atoms with Gasteiger partial charge in [-0.15, -0.1) is 11.8 Å². The zero-order valence-electron chi connectivity index (χ0n) is 27.4. The number of amides is 3. The van der Waals surface area contributed by atoms with E-state index in [4.69, 9.17) is 14.5 Å². The van der Waals surface area contributed by atoms with E-state index in [-0.39, 0.29) is 34.1 Å². The maximum absolute atomic E-state index is 12.9. The largest absolute Gasteiger partial charge is 0.444 e. The third kappa shape index (κ3) is 6.89. The third-order valence-electron chi connectivity index (χ3n) is 8.39. The van der Waals surface area contributed by atoms with Crippen LogP contribution in [0.25, 0.3) is 22.4 Å². The number of likely N-dealkylation sites (tertiary alicyclic amines) is 2. The van der Waals surface area contributed by atoms with Gasteiger partial charge in [0, 0.05) is 25.3 Å². The molecule has 4 heterocycles. The second-order valence-electron chi connectivity index (χ2n) is 14.3. The molecule has 6 rings (SSSR count). The number of rotatable bonds is 5. The van der Waals surface area contributed by atoms with Crippen molar-refractivity contribution >= 4 is 35.5 Å². The summed E-state index contributed by atoms with van der Waals surface area (Å²) in [6, 6.07) is 16.1. The number of imidazole rings is 1. The number of H-pyrrole nitrogens is 1. The summed E-state index contributed by atoms with van der Waals surface area (Å²) in [5.74, 6) is 0.541. The number of nitrogens with zero attached hydrogens (tertiary/aromatic N) is 3. The number of carbonyl (C=O) groups is 3. The Labute approximate surface area is 274 Å². The highest BCUT2D eigenvalue weighted by atomic mass is 32.2. The fourth-order valence-electron chi connectivity index (χ4n) is 6.07. The van der Waals surface area contributed by atoms with Crippen LogP contribution < -0.4 is 5.32 Å². The van der Waals surface area contributed by atoms with E-state index in [9.17, 15) is 14.4 Å². The van der Waals surface area contributed by atoms with Crippen molar-refractivity contribution in [2.45, 2.75) is 82.1 Å². The molecule has 0 saturated carbocycles. The molecule has 3 saturated heterocycles. The highest BCUT2D eigenvalue weighted by Gasteiger charge is 2.64. The van der Waals surface area contributed by atoms with E-state index in [1.807, 2.05) is 76.9 Å². The Morgan fingerprint density at radius 3 is 2.15 bits per heavy atom. The Morgan fingerprint density at radius 2 is 1.50 bits per heavy atom. The molecule has 3 amide bonds. The van der Waals surface area contributed by atoms with E-state index >= 15 is 0 Å². The first-order valence-corrected chi connectivity index (χ1v) is 16.8. The van der Waals surface area contributed by atoms with Crippen LogP contribution in [-0.4, -0.2) is 74.1 Å². The molecule has 244 valence electrons. The van der Waals surface area contributed by atoms with Crippen LogP contribution in [0.15, 0.2) is 54.7 Å². The van der Waals surface area contributed by atoms with Crippen molar-refractivity contribution in [3.05, 3.63) is 60.6 Å². The van der Waals surface area contributed by atoms with Crippen molar-refractivity contribution in [2.75, 3.05) is 25.0 Å². The lowest BCUT2D eigenvalue weighted by molar-refractivity contribution is -0.119. The number of benzene rings is 2. The Kier molecular flexibility index (Phi) is 8.33. The first-order valence-electron chi connectivity index (χ1n) is 15.9. The van der Waals surface area contributed by atoms with Crippen LogP contribution in [0.1, 0.15) is 66.6 Å². The van der Waals surface area contributed by atoms with Crippen LogP contribution in [0.4, 0.5) is 15.3 Å². The lowest BCUT2D eigenvalue weighted by Crippen LogP contribution is -2.44.